The maximum absolute atomic E-state index is 5.86. The molecule has 0 aliphatic heterocycles. The van der Waals surface area contributed by atoms with E-state index >= 15 is 0 Å². The number of hydrogen-bond acceptors (Lipinski definition) is 2. The Morgan fingerprint density at radius 3 is 2.58 bits per heavy atom. The summed E-state index contributed by atoms with van der Waals surface area (Å²) < 4.78 is 1.96. The predicted molar refractivity (Wildman–Crippen MR) is 49.4 cm³/mol. The molecule has 0 atom stereocenters. The molecule has 1 heterocycles. The standard InChI is InChI=1S/C8H14ClN3/c1-4-5-12-7(6(2)3)10-11-8(12)9/h6H,4-5H2,1-3H3. The zero-order valence-corrected chi connectivity index (χ0v) is 8.47. The predicted octanol–water partition coefficient (Wildman–Crippen LogP) is 2.46. The molecular formula is C8H14ClN3. The highest BCUT2D eigenvalue weighted by Gasteiger charge is 2.11. The van der Waals surface area contributed by atoms with Crippen molar-refractivity contribution in [2.24, 2.45) is 0 Å². The Balaban J connectivity index is 2.95. The van der Waals surface area contributed by atoms with Crippen LogP contribution in [0.2, 0.25) is 5.28 Å². The van der Waals surface area contributed by atoms with E-state index in [1.165, 1.54) is 0 Å². The van der Waals surface area contributed by atoms with Crippen molar-refractivity contribution in [2.45, 2.75) is 39.7 Å². The van der Waals surface area contributed by atoms with Crippen molar-refractivity contribution in [1.82, 2.24) is 14.8 Å². The van der Waals surface area contributed by atoms with Crippen molar-refractivity contribution < 1.29 is 0 Å². The molecule has 3 nitrogen and oxygen atoms in total. The summed E-state index contributed by atoms with van der Waals surface area (Å²) >= 11 is 5.86. The molecule has 1 aromatic heterocycles. The largest absolute Gasteiger partial charge is 0.302 e. The zero-order chi connectivity index (χ0) is 9.14. The van der Waals surface area contributed by atoms with Crippen molar-refractivity contribution in [2.75, 3.05) is 0 Å². The summed E-state index contributed by atoms with van der Waals surface area (Å²) in [5.74, 6) is 1.36. The summed E-state index contributed by atoms with van der Waals surface area (Å²) in [7, 11) is 0. The number of rotatable bonds is 3. The van der Waals surface area contributed by atoms with Gasteiger partial charge in [-0.1, -0.05) is 20.8 Å². The molecule has 4 heteroatoms. The van der Waals surface area contributed by atoms with Gasteiger partial charge in [-0.15, -0.1) is 10.2 Å². The lowest BCUT2D eigenvalue weighted by Gasteiger charge is -2.07. The molecule has 68 valence electrons. The molecule has 0 aromatic carbocycles. The molecule has 1 aromatic rings. The molecule has 0 spiro atoms. The van der Waals surface area contributed by atoms with Crippen molar-refractivity contribution >= 4 is 11.6 Å². The van der Waals surface area contributed by atoms with Crippen LogP contribution in [0.15, 0.2) is 0 Å². The maximum Gasteiger partial charge on any atom is 0.225 e. The summed E-state index contributed by atoms with van der Waals surface area (Å²) in [4.78, 5) is 0. The SMILES string of the molecule is CCCn1c(Cl)nnc1C(C)C. The van der Waals surface area contributed by atoms with Crippen molar-refractivity contribution in [1.29, 1.82) is 0 Å². The Morgan fingerprint density at radius 1 is 1.42 bits per heavy atom. The quantitative estimate of drug-likeness (QED) is 0.728. The Kier molecular flexibility index (Phi) is 3.09. The number of halogens is 1. The van der Waals surface area contributed by atoms with Crippen LogP contribution in [0.5, 0.6) is 0 Å². The third kappa shape index (κ3) is 1.78. The van der Waals surface area contributed by atoms with Gasteiger partial charge in [-0.2, -0.15) is 0 Å². The summed E-state index contributed by atoms with van der Waals surface area (Å²) in [6.45, 7) is 7.19. The average molecular weight is 188 g/mol. The summed E-state index contributed by atoms with van der Waals surface area (Å²) in [6, 6.07) is 0. The van der Waals surface area contributed by atoms with Gasteiger partial charge in [-0.3, -0.25) is 0 Å². The van der Waals surface area contributed by atoms with E-state index in [2.05, 4.69) is 31.0 Å². The van der Waals surface area contributed by atoms with Gasteiger partial charge in [0, 0.05) is 12.5 Å². The first-order chi connectivity index (χ1) is 5.66. The van der Waals surface area contributed by atoms with E-state index in [1.807, 2.05) is 4.57 Å². The minimum Gasteiger partial charge on any atom is -0.302 e. The van der Waals surface area contributed by atoms with Crippen LogP contribution < -0.4 is 0 Å². The Hall–Kier alpha value is -0.570. The average Bonchev–Trinajstić information content (AvgIpc) is 2.34. The van der Waals surface area contributed by atoms with Crippen LogP contribution in [-0.2, 0) is 6.54 Å². The van der Waals surface area contributed by atoms with Crippen LogP contribution in [0.4, 0.5) is 0 Å². The molecule has 1 rings (SSSR count). The van der Waals surface area contributed by atoms with Crippen molar-refractivity contribution in [3.63, 3.8) is 0 Å². The zero-order valence-electron chi connectivity index (χ0n) is 7.71. The highest BCUT2D eigenvalue weighted by molar-refractivity contribution is 6.28. The van der Waals surface area contributed by atoms with Gasteiger partial charge in [-0.05, 0) is 18.0 Å². The lowest BCUT2D eigenvalue weighted by Crippen LogP contribution is -2.04. The highest BCUT2D eigenvalue weighted by atomic mass is 35.5. The van der Waals surface area contributed by atoms with Crippen molar-refractivity contribution in [3.8, 4) is 0 Å². The molecule has 0 aliphatic carbocycles. The molecule has 0 bridgehead atoms. The van der Waals surface area contributed by atoms with E-state index < -0.39 is 0 Å². The van der Waals surface area contributed by atoms with E-state index in [1.54, 1.807) is 0 Å². The molecule has 0 saturated carbocycles. The minimum atomic E-state index is 0.386. The first-order valence-corrected chi connectivity index (χ1v) is 4.63. The second kappa shape index (κ2) is 3.90. The van der Waals surface area contributed by atoms with Gasteiger partial charge in [0.25, 0.3) is 0 Å². The first kappa shape index (κ1) is 9.52. The van der Waals surface area contributed by atoms with Gasteiger partial charge >= 0.3 is 0 Å². The molecule has 0 radical (unpaired) electrons. The Morgan fingerprint density at radius 2 is 2.08 bits per heavy atom. The van der Waals surface area contributed by atoms with Crippen LogP contribution in [-0.4, -0.2) is 14.8 Å². The summed E-state index contributed by atoms with van der Waals surface area (Å²) in [6.07, 6.45) is 1.05. The molecule has 0 N–H and O–H groups in total. The Bertz CT molecular complexity index is 255. The normalized spacial score (nSPS) is 11.1. The molecule has 0 aliphatic rings. The Labute approximate surface area is 77.8 Å². The van der Waals surface area contributed by atoms with Crippen LogP contribution in [0.3, 0.4) is 0 Å². The third-order valence-corrected chi connectivity index (χ3v) is 1.98. The van der Waals surface area contributed by atoms with E-state index in [0.717, 1.165) is 18.8 Å². The first-order valence-electron chi connectivity index (χ1n) is 4.25. The van der Waals surface area contributed by atoms with Crippen LogP contribution in [0, 0.1) is 0 Å². The summed E-state index contributed by atoms with van der Waals surface area (Å²) in [5, 5.41) is 8.35. The minimum absolute atomic E-state index is 0.386. The van der Waals surface area contributed by atoms with E-state index in [-0.39, 0.29) is 0 Å². The maximum atomic E-state index is 5.86. The van der Waals surface area contributed by atoms with Gasteiger partial charge in [0.05, 0.1) is 0 Å². The lowest BCUT2D eigenvalue weighted by atomic mass is 10.2. The van der Waals surface area contributed by atoms with E-state index in [0.29, 0.717) is 11.2 Å². The fourth-order valence-electron chi connectivity index (χ4n) is 1.15. The van der Waals surface area contributed by atoms with Gasteiger partial charge in [0.15, 0.2) is 0 Å². The fraction of sp³-hybridized carbons (Fsp3) is 0.750. The van der Waals surface area contributed by atoms with E-state index in [4.69, 9.17) is 11.6 Å². The van der Waals surface area contributed by atoms with Crippen LogP contribution >= 0.6 is 11.6 Å². The monoisotopic (exact) mass is 187 g/mol. The second-order valence-corrected chi connectivity index (χ2v) is 3.47. The van der Waals surface area contributed by atoms with Crippen molar-refractivity contribution in [3.05, 3.63) is 11.1 Å². The second-order valence-electron chi connectivity index (χ2n) is 3.13. The third-order valence-electron chi connectivity index (χ3n) is 1.70. The lowest BCUT2D eigenvalue weighted by molar-refractivity contribution is 0.610. The summed E-state index contributed by atoms with van der Waals surface area (Å²) in [5.41, 5.74) is 0. The number of aromatic nitrogens is 3. The smallest absolute Gasteiger partial charge is 0.225 e. The highest BCUT2D eigenvalue weighted by Crippen LogP contribution is 2.16. The number of nitrogens with zero attached hydrogens (tertiary/aromatic N) is 3. The van der Waals surface area contributed by atoms with Crippen LogP contribution in [0.25, 0.3) is 0 Å². The van der Waals surface area contributed by atoms with E-state index in [9.17, 15) is 0 Å². The molecule has 0 fully saturated rings. The van der Waals surface area contributed by atoms with Gasteiger partial charge in [0.2, 0.25) is 5.28 Å². The van der Waals surface area contributed by atoms with Crippen LogP contribution in [0.1, 0.15) is 38.9 Å². The molecule has 12 heavy (non-hydrogen) atoms. The topological polar surface area (TPSA) is 30.7 Å². The molecular weight excluding hydrogens is 174 g/mol. The van der Waals surface area contributed by atoms with Gasteiger partial charge in [0.1, 0.15) is 5.82 Å². The van der Waals surface area contributed by atoms with Gasteiger partial charge in [-0.25, -0.2) is 0 Å². The molecule has 0 amide bonds. The number of hydrogen-bond donors (Lipinski definition) is 0. The molecule has 0 saturated heterocycles. The van der Waals surface area contributed by atoms with Gasteiger partial charge < -0.3 is 4.57 Å². The molecule has 0 unspecified atom stereocenters. The fourth-order valence-corrected chi connectivity index (χ4v) is 1.36.